The van der Waals surface area contributed by atoms with Crippen molar-refractivity contribution in [1.29, 1.82) is 0 Å². The van der Waals surface area contributed by atoms with E-state index in [-0.39, 0.29) is 42.6 Å². The van der Waals surface area contributed by atoms with E-state index in [1.54, 1.807) is 35.3 Å². The molecule has 1 aliphatic heterocycles. The van der Waals surface area contributed by atoms with Gasteiger partial charge in [0.15, 0.2) is 0 Å². The number of pyridine rings is 1. The van der Waals surface area contributed by atoms with Crippen LogP contribution in [0.5, 0.6) is 0 Å². The number of benzene rings is 2. The summed E-state index contributed by atoms with van der Waals surface area (Å²) >= 11 is 0. The van der Waals surface area contributed by atoms with Crippen LogP contribution in [0, 0.1) is 0 Å². The van der Waals surface area contributed by atoms with Gasteiger partial charge in [0.05, 0.1) is 42.7 Å². The Balaban J connectivity index is 1.06. The van der Waals surface area contributed by atoms with Crippen LogP contribution in [0.2, 0.25) is 0 Å². The van der Waals surface area contributed by atoms with Crippen LogP contribution in [-0.2, 0) is 31.1 Å². The molecule has 10 nitrogen and oxygen atoms in total. The number of nitrogens with one attached hydrogen (secondary N) is 1. The van der Waals surface area contributed by atoms with Crippen molar-refractivity contribution in [3.63, 3.8) is 0 Å². The molecule has 1 saturated heterocycles. The van der Waals surface area contributed by atoms with Gasteiger partial charge in [-0.2, -0.15) is 18.3 Å². The highest BCUT2D eigenvalue weighted by Crippen LogP contribution is 2.36. The average molecular weight is 678 g/mol. The number of amides is 1. The summed E-state index contributed by atoms with van der Waals surface area (Å²) in [5.41, 5.74) is 9.63. The van der Waals surface area contributed by atoms with E-state index in [0.717, 1.165) is 49.0 Å². The molecule has 260 valence electrons. The van der Waals surface area contributed by atoms with Gasteiger partial charge in [-0.25, -0.2) is 4.98 Å². The number of hydrogen-bond donors (Lipinski definition) is 3. The standard InChI is InChI=1S/C36H42F3N7O3/c1-44-21-29(20-42-44)28-17-30(34(40)41-19-28)35(48)43-32-3-2-4-33(32)49-23-24-5-7-25(8-6-24)26-9-10-27(31(18-26)36(37,38)39)22-46-13-11-45(12-14-46)15-16-47/h5-10,17-21,32-33,47H,2-4,11-16,22-23H2,1H3,(H2,40,41)(H,43,48)/t32-,33-/m0/s1. The van der Waals surface area contributed by atoms with Gasteiger partial charge >= 0.3 is 6.18 Å². The molecule has 0 radical (unpaired) electrons. The number of piperazine rings is 1. The third kappa shape index (κ3) is 8.47. The maximum atomic E-state index is 14.2. The third-order valence-electron chi connectivity index (χ3n) is 9.41. The van der Waals surface area contributed by atoms with E-state index in [1.807, 2.05) is 42.4 Å². The first-order valence-corrected chi connectivity index (χ1v) is 16.6. The Morgan fingerprint density at radius 2 is 1.71 bits per heavy atom. The van der Waals surface area contributed by atoms with Crippen LogP contribution >= 0.6 is 0 Å². The predicted octanol–water partition coefficient (Wildman–Crippen LogP) is 4.73. The van der Waals surface area contributed by atoms with Gasteiger partial charge < -0.3 is 20.9 Å². The minimum absolute atomic E-state index is 0.0768. The minimum Gasteiger partial charge on any atom is -0.395 e. The van der Waals surface area contributed by atoms with Crippen molar-refractivity contribution < 1.29 is 27.8 Å². The molecule has 2 aliphatic rings. The molecule has 2 aromatic carbocycles. The Morgan fingerprint density at radius 3 is 2.41 bits per heavy atom. The second-order valence-corrected chi connectivity index (χ2v) is 12.8. The van der Waals surface area contributed by atoms with Crippen LogP contribution in [-0.4, -0.2) is 87.1 Å². The Bertz CT molecular complexity index is 1740. The van der Waals surface area contributed by atoms with E-state index in [9.17, 15) is 18.0 Å². The fraction of sp³-hybridized carbons (Fsp3) is 0.417. The summed E-state index contributed by atoms with van der Waals surface area (Å²) < 4.78 is 50.5. The number of nitrogen functional groups attached to an aromatic ring is 1. The number of nitrogens with zero attached hydrogens (tertiary/aromatic N) is 5. The van der Waals surface area contributed by atoms with Crippen LogP contribution in [0.25, 0.3) is 22.3 Å². The second kappa shape index (κ2) is 15.1. The zero-order chi connectivity index (χ0) is 34.5. The molecule has 2 atom stereocenters. The number of aryl methyl sites for hydroxylation is 1. The van der Waals surface area contributed by atoms with Crippen molar-refractivity contribution in [1.82, 2.24) is 29.9 Å². The summed E-state index contributed by atoms with van der Waals surface area (Å²) in [6.07, 6.45) is 2.93. The summed E-state index contributed by atoms with van der Waals surface area (Å²) in [5, 5.41) is 16.4. The van der Waals surface area contributed by atoms with E-state index in [2.05, 4.69) is 20.3 Å². The Labute approximate surface area is 283 Å². The van der Waals surface area contributed by atoms with Crippen molar-refractivity contribution in [3.05, 3.63) is 89.4 Å². The summed E-state index contributed by atoms with van der Waals surface area (Å²) in [4.78, 5) is 21.6. The fourth-order valence-corrected chi connectivity index (χ4v) is 6.63. The molecule has 2 aromatic heterocycles. The van der Waals surface area contributed by atoms with E-state index < -0.39 is 11.7 Å². The van der Waals surface area contributed by atoms with E-state index in [1.165, 1.54) is 6.07 Å². The van der Waals surface area contributed by atoms with Crippen LogP contribution < -0.4 is 11.1 Å². The number of hydrogen-bond acceptors (Lipinski definition) is 8. The number of halogens is 3. The van der Waals surface area contributed by atoms with E-state index in [4.69, 9.17) is 15.6 Å². The van der Waals surface area contributed by atoms with Crippen molar-refractivity contribution >= 4 is 11.7 Å². The average Bonchev–Trinajstić information content (AvgIpc) is 3.73. The Hall–Kier alpha value is -4.30. The molecule has 4 N–H and O–H groups in total. The smallest absolute Gasteiger partial charge is 0.395 e. The molecule has 0 bridgehead atoms. The van der Waals surface area contributed by atoms with Crippen LogP contribution in [0.4, 0.5) is 19.0 Å². The van der Waals surface area contributed by atoms with Crippen LogP contribution in [0.3, 0.4) is 0 Å². The first-order valence-electron chi connectivity index (χ1n) is 16.6. The maximum absolute atomic E-state index is 14.2. The van der Waals surface area contributed by atoms with Crippen molar-refractivity contribution in [3.8, 4) is 22.3 Å². The highest BCUT2D eigenvalue weighted by atomic mass is 19.4. The molecule has 1 aliphatic carbocycles. The molecule has 1 amide bonds. The van der Waals surface area contributed by atoms with Crippen molar-refractivity contribution in [2.45, 2.75) is 50.7 Å². The predicted molar refractivity (Wildman–Crippen MR) is 180 cm³/mol. The molecule has 0 unspecified atom stereocenters. The molecule has 13 heteroatoms. The van der Waals surface area contributed by atoms with Gasteiger partial charge in [-0.05, 0) is 53.6 Å². The number of alkyl halides is 3. The topological polar surface area (TPSA) is 122 Å². The number of ether oxygens (including phenoxy) is 1. The fourth-order valence-electron chi connectivity index (χ4n) is 6.63. The van der Waals surface area contributed by atoms with Gasteiger partial charge in [-0.3, -0.25) is 19.3 Å². The first-order chi connectivity index (χ1) is 23.6. The molecule has 0 spiro atoms. The number of carbonyl (C=O) groups excluding carboxylic acids is 1. The summed E-state index contributed by atoms with van der Waals surface area (Å²) in [5.74, 6) is -0.170. The lowest BCUT2D eigenvalue weighted by Gasteiger charge is -2.34. The van der Waals surface area contributed by atoms with Crippen LogP contribution in [0.15, 0.2) is 67.1 Å². The summed E-state index contributed by atoms with van der Waals surface area (Å²) in [6.45, 7) is 3.94. The van der Waals surface area contributed by atoms with Crippen molar-refractivity contribution in [2.24, 2.45) is 7.05 Å². The van der Waals surface area contributed by atoms with Gasteiger partial charge in [-0.1, -0.05) is 36.4 Å². The third-order valence-corrected chi connectivity index (χ3v) is 9.41. The molecule has 3 heterocycles. The number of aliphatic hydroxyl groups excluding tert-OH is 1. The number of aliphatic hydroxyl groups is 1. The number of nitrogens with two attached hydrogens (primary N) is 1. The molecule has 4 aromatic rings. The highest BCUT2D eigenvalue weighted by molar-refractivity contribution is 5.99. The summed E-state index contributed by atoms with van der Waals surface area (Å²) in [7, 11) is 1.81. The molecular formula is C36H42F3N7O3. The lowest BCUT2D eigenvalue weighted by atomic mass is 9.97. The number of carbonyl (C=O) groups is 1. The summed E-state index contributed by atoms with van der Waals surface area (Å²) in [6, 6.07) is 13.4. The van der Waals surface area contributed by atoms with Gasteiger partial charge in [0.25, 0.3) is 5.91 Å². The zero-order valence-electron chi connectivity index (χ0n) is 27.5. The number of rotatable bonds is 11. The van der Waals surface area contributed by atoms with E-state index in [0.29, 0.717) is 42.9 Å². The quantitative estimate of drug-likeness (QED) is 0.209. The monoisotopic (exact) mass is 677 g/mol. The number of anilines is 1. The van der Waals surface area contributed by atoms with Gasteiger partial charge in [0.1, 0.15) is 5.82 Å². The molecule has 6 rings (SSSR count). The maximum Gasteiger partial charge on any atom is 0.416 e. The Kier molecular flexibility index (Phi) is 10.6. The molecule has 2 fully saturated rings. The van der Waals surface area contributed by atoms with Crippen molar-refractivity contribution in [2.75, 3.05) is 45.1 Å². The lowest BCUT2D eigenvalue weighted by Crippen LogP contribution is -2.46. The van der Waals surface area contributed by atoms with Gasteiger partial charge in [-0.15, -0.1) is 0 Å². The lowest BCUT2D eigenvalue weighted by molar-refractivity contribution is -0.138. The molecule has 49 heavy (non-hydrogen) atoms. The zero-order valence-corrected chi connectivity index (χ0v) is 27.5. The highest BCUT2D eigenvalue weighted by Gasteiger charge is 2.34. The SMILES string of the molecule is Cn1cc(-c2cnc(N)c(C(=O)N[C@H]3CCC[C@@H]3OCc3ccc(-c4ccc(CN5CCN(CCO)CC5)c(C(F)(F)F)c4)cc3)c2)cn1. The number of aromatic nitrogens is 3. The normalized spacial score (nSPS) is 19.0. The van der Waals surface area contributed by atoms with E-state index >= 15 is 0 Å². The first kappa shape index (κ1) is 34.6. The largest absolute Gasteiger partial charge is 0.416 e. The second-order valence-electron chi connectivity index (χ2n) is 12.8. The number of β-amino-alcohol motifs (C(OH)–C–C–N with tert-alkyl or cyclic N) is 1. The minimum atomic E-state index is -4.48. The van der Waals surface area contributed by atoms with Crippen LogP contribution in [0.1, 0.15) is 46.3 Å². The molecule has 1 saturated carbocycles. The Morgan fingerprint density at radius 1 is 0.980 bits per heavy atom. The molecular weight excluding hydrogens is 635 g/mol. The van der Waals surface area contributed by atoms with Gasteiger partial charge in [0.2, 0.25) is 0 Å². The van der Waals surface area contributed by atoms with Gasteiger partial charge in [0, 0.05) is 69.8 Å².